The van der Waals surface area contributed by atoms with E-state index in [1.807, 2.05) is 0 Å². The number of unbranched alkanes of at least 4 members (excludes halogenated alkanes) is 2. The Morgan fingerprint density at radius 3 is 1.89 bits per heavy atom. The average Bonchev–Trinajstić information content (AvgIpc) is 2.32. The Labute approximate surface area is 118 Å². The molecule has 0 saturated carbocycles. The van der Waals surface area contributed by atoms with Crippen LogP contribution in [0.2, 0.25) is 43.8 Å². The molecule has 1 N–H and O–H groups in total. The molecule has 0 aliphatic carbocycles. The van der Waals surface area contributed by atoms with Crippen LogP contribution >= 0.6 is 0 Å². The molecule has 0 aromatic carbocycles. The predicted octanol–water partition coefficient (Wildman–Crippen LogP) is 5.60. The molecule has 0 amide bonds. The minimum Gasteiger partial charge on any atom is -0.416 e. The summed E-state index contributed by atoms with van der Waals surface area (Å²) in [4.78, 5) is 3.76. The molecule has 0 fully saturated rings. The van der Waals surface area contributed by atoms with Gasteiger partial charge in [-0.15, -0.1) is 0 Å². The summed E-state index contributed by atoms with van der Waals surface area (Å²) in [5.74, 6) is 0. The molecule has 3 heteroatoms. The molecule has 0 aliphatic heterocycles. The molecule has 0 spiro atoms. The molecule has 0 saturated heterocycles. The summed E-state index contributed by atoms with van der Waals surface area (Å²) in [7, 11) is -1.95. The van der Waals surface area contributed by atoms with Gasteiger partial charge in [0.15, 0.2) is 8.24 Å². The van der Waals surface area contributed by atoms with Gasteiger partial charge < -0.3 is 4.98 Å². The highest BCUT2D eigenvalue weighted by atomic mass is 28.3. The van der Waals surface area contributed by atoms with Gasteiger partial charge in [-0.1, -0.05) is 65.4 Å². The van der Waals surface area contributed by atoms with Crippen molar-refractivity contribution in [3.05, 3.63) is 12.3 Å². The highest BCUT2D eigenvalue weighted by Crippen LogP contribution is 2.17. The standard InChI is InChI=1S/C15H35NSi2/c1-7-18(8-2,9-3)16-14-12-10-11-13-15-17(4,5)6/h12,14,16H,7-11,13,15H2,1-6H3. The van der Waals surface area contributed by atoms with E-state index in [1.54, 1.807) is 0 Å². The first-order valence-electron chi connectivity index (χ1n) is 7.82. The molecule has 0 aromatic rings. The van der Waals surface area contributed by atoms with Crippen molar-refractivity contribution < 1.29 is 0 Å². The topological polar surface area (TPSA) is 12.0 Å². The van der Waals surface area contributed by atoms with Gasteiger partial charge in [0, 0.05) is 8.07 Å². The van der Waals surface area contributed by atoms with Crippen LogP contribution in [-0.4, -0.2) is 16.3 Å². The van der Waals surface area contributed by atoms with Gasteiger partial charge in [-0.3, -0.25) is 0 Å². The van der Waals surface area contributed by atoms with Crippen molar-refractivity contribution in [3.63, 3.8) is 0 Å². The lowest BCUT2D eigenvalue weighted by Gasteiger charge is -2.27. The van der Waals surface area contributed by atoms with Crippen molar-refractivity contribution in [2.75, 3.05) is 0 Å². The number of nitrogens with one attached hydrogen (secondary N) is 1. The third kappa shape index (κ3) is 8.14. The average molecular weight is 286 g/mol. The van der Waals surface area contributed by atoms with Crippen LogP contribution in [0.25, 0.3) is 0 Å². The second-order valence-electron chi connectivity index (χ2n) is 6.69. The Morgan fingerprint density at radius 1 is 0.889 bits per heavy atom. The first kappa shape index (κ1) is 18.0. The summed E-state index contributed by atoms with van der Waals surface area (Å²) in [6, 6.07) is 5.52. The fourth-order valence-corrected chi connectivity index (χ4v) is 6.19. The van der Waals surface area contributed by atoms with Gasteiger partial charge in [-0.25, -0.2) is 0 Å². The Bertz CT molecular complexity index is 219. The molecule has 1 nitrogen and oxygen atoms in total. The van der Waals surface area contributed by atoms with Crippen molar-refractivity contribution in [2.24, 2.45) is 0 Å². The molecule has 0 heterocycles. The Kier molecular flexibility index (Phi) is 8.96. The Balaban J connectivity index is 3.77. The largest absolute Gasteiger partial charge is 0.416 e. The molecule has 108 valence electrons. The fourth-order valence-electron chi connectivity index (χ4n) is 2.29. The molecule has 0 unspecified atom stereocenters. The van der Waals surface area contributed by atoms with Crippen molar-refractivity contribution in [2.45, 2.75) is 83.9 Å². The summed E-state index contributed by atoms with van der Waals surface area (Å²) >= 11 is 0. The van der Waals surface area contributed by atoms with E-state index in [1.165, 1.54) is 43.4 Å². The number of rotatable bonds is 10. The quantitative estimate of drug-likeness (QED) is 0.407. The summed E-state index contributed by atoms with van der Waals surface area (Å²) < 4.78 is 0. The van der Waals surface area contributed by atoms with Gasteiger partial charge in [0.25, 0.3) is 0 Å². The summed E-state index contributed by atoms with van der Waals surface area (Å²) in [6.45, 7) is 14.4. The van der Waals surface area contributed by atoms with E-state index < -0.39 is 16.3 Å². The molecule has 0 bridgehead atoms. The van der Waals surface area contributed by atoms with Gasteiger partial charge in [0.1, 0.15) is 0 Å². The second-order valence-corrected chi connectivity index (χ2v) is 17.3. The monoisotopic (exact) mass is 285 g/mol. The number of hydrogen-bond acceptors (Lipinski definition) is 1. The molecule has 0 atom stereocenters. The van der Waals surface area contributed by atoms with Crippen LogP contribution in [0.5, 0.6) is 0 Å². The zero-order valence-corrected chi connectivity index (χ0v) is 15.6. The van der Waals surface area contributed by atoms with Gasteiger partial charge in [-0.05, 0) is 30.8 Å². The minimum atomic E-state index is -1.15. The Hall–Kier alpha value is -0.0262. The molecule has 0 rings (SSSR count). The molecule has 0 aliphatic rings. The highest BCUT2D eigenvalue weighted by Gasteiger charge is 2.25. The van der Waals surface area contributed by atoms with Crippen molar-refractivity contribution in [1.29, 1.82) is 0 Å². The van der Waals surface area contributed by atoms with Crippen LogP contribution in [0.3, 0.4) is 0 Å². The normalized spacial score (nSPS) is 13.2. The van der Waals surface area contributed by atoms with E-state index in [0.29, 0.717) is 0 Å². The van der Waals surface area contributed by atoms with Crippen LogP contribution in [-0.2, 0) is 0 Å². The van der Waals surface area contributed by atoms with E-state index in [9.17, 15) is 0 Å². The number of allylic oxidation sites excluding steroid dienone is 1. The maximum atomic E-state index is 3.76. The maximum absolute atomic E-state index is 3.76. The zero-order chi connectivity index (χ0) is 14.1. The van der Waals surface area contributed by atoms with E-state index in [2.05, 4.69) is 57.7 Å². The third-order valence-electron chi connectivity index (χ3n) is 4.09. The first-order valence-corrected chi connectivity index (χ1v) is 14.1. The molecular weight excluding hydrogens is 250 g/mol. The van der Waals surface area contributed by atoms with Crippen LogP contribution in [0.1, 0.15) is 40.0 Å². The SMILES string of the molecule is CC[Si](CC)(CC)NC=CCCCC[Si](C)(C)C. The van der Waals surface area contributed by atoms with Crippen LogP contribution in [0, 0.1) is 0 Å². The fraction of sp³-hybridized carbons (Fsp3) is 0.867. The maximum Gasteiger partial charge on any atom is 0.152 e. The summed E-state index contributed by atoms with van der Waals surface area (Å²) in [5.41, 5.74) is 0. The van der Waals surface area contributed by atoms with Crippen molar-refractivity contribution in [3.8, 4) is 0 Å². The lowest BCUT2D eigenvalue weighted by atomic mass is 10.2. The van der Waals surface area contributed by atoms with E-state index >= 15 is 0 Å². The van der Waals surface area contributed by atoms with Gasteiger partial charge in [-0.2, -0.15) is 0 Å². The molecular formula is C15H35NSi2. The zero-order valence-electron chi connectivity index (χ0n) is 13.6. The van der Waals surface area contributed by atoms with Gasteiger partial charge in [0.2, 0.25) is 0 Å². The van der Waals surface area contributed by atoms with E-state index in [-0.39, 0.29) is 0 Å². The van der Waals surface area contributed by atoms with Crippen LogP contribution in [0.4, 0.5) is 0 Å². The minimum absolute atomic E-state index is 0.806. The van der Waals surface area contributed by atoms with Gasteiger partial charge in [0.05, 0.1) is 0 Å². The van der Waals surface area contributed by atoms with Crippen molar-refractivity contribution in [1.82, 2.24) is 4.98 Å². The highest BCUT2D eigenvalue weighted by molar-refractivity contribution is 6.77. The van der Waals surface area contributed by atoms with Gasteiger partial charge >= 0.3 is 0 Å². The Morgan fingerprint density at radius 2 is 1.44 bits per heavy atom. The van der Waals surface area contributed by atoms with E-state index in [4.69, 9.17) is 0 Å². The molecule has 0 radical (unpaired) electrons. The smallest absolute Gasteiger partial charge is 0.152 e. The summed E-state index contributed by atoms with van der Waals surface area (Å²) in [5, 5.41) is 0. The lowest BCUT2D eigenvalue weighted by Crippen LogP contribution is -2.45. The van der Waals surface area contributed by atoms with Crippen LogP contribution in [0.15, 0.2) is 12.3 Å². The van der Waals surface area contributed by atoms with Crippen LogP contribution < -0.4 is 4.98 Å². The predicted molar refractivity (Wildman–Crippen MR) is 91.5 cm³/mol. The second kappa shape index (κ2) is 8.97. The molecule has 18 heavy (non-hydrogen) atoms. The van der Waals surface area contributed by atoms with E-state index in [0.717, 1.165) is 0 Å². The van der Waals surface area contributed by atoms with Crippen molar-refractivity contribution >= 4 is 16.3 Å². The molecule has 0 aromatic heterocycles. The lowest BCUT2D eigenvalue weighted by molar-refractivity contribution is 0.800. The third-order valence-corrected chi connectivity index (χ3v) is 10.8. The number of hydrogen-bond donors (Lipinski definition) is 1. The summed E-state index contributed by atoms with van der Waals surface area (Å²) in [6.07, 6.45) is 8.64. The first-order chi connectivity index (χ1) is 8.39.